The van der Waals surface area contributed by atoms with Crippen molar-refractivity contribution < 1.29 is 24.5 Å². The van der Waals surface area contributed by atoms with Gasteiger partial charge in [-0.15, -0.1) is 0 Å². The number of fused-ring (bicyclic) bond motifs is 7. The second-order valence-corrected chi connectivity index (χ2v) is 13.2. The second-order valence-electron chi connectivity index (χ2n) is 13.2. The van der Waals surface area contributed by atoms with E-state index in [0.717, 1.165) is 32.3 Å². The van der Waals surface area contributed by atoms with Crippen molar-refractivity contribution in [3.8, 4) is 0 Å². The zero-order valence-electron chi connectivity index (χ0n) is 20.3. The summed E-state index contributed by atoms with van der Waals surface area (Å²) < 4.78 is 13.3. The molecule has 6 fully saturated rings. The van der Waals surface area contributed by atoms with Crippen molar-refractivity contribution in [2.45, 2.75) is 103 Å². The molecular formula is C27H42O5. The molecule has 6 aliphatic rings. The first-order chi connectivity index (χ1) is 15.1. The zero-order valence-corrected chi connectivity index (χ0v) is 20.3. The van der Waals surface area contributed by atoms with Crippen LogP contribution in [-0.4, -0.2) is 46.7 Å². The van der Waals surface area contributed by atoms with Crippen LogP contribution in [0.1, 0.15) is 79.1 Å². The summed E-state index contributed by atoms with van der Waals surface area (Å²) in [6, 6.07) is 0. The van der Waals surface area contributed by atoms with Crippen molar-refractivity contribution in [3.05, 3.63) is 0 Å². The van der Waals surface area contributed by atoms with Crippen LogP contribution in [0.15, 0.2) is 0 Å². The van der Waals surface area contributed by atoms with Crippen molar-refractivity contribution in [2.75, 3.05) is 6.61 Å². The number of ketones is 1. The molecule has 5 nitrogen and oxygen atoms in total. The van der Waals surface area contributed by atoms with Crippen LogP contribution >= 0.6 is 0 Å². The number of Topliss-reactive ketones (excluding diaryl/α,β-unsaturated/α-hetero) is 1. The molecule has 2 heterocycles. The Bertz CT molecular complexity index is 789. The van der Waals surface area contributed by atoms with Gasteiger partial charge in [0.2, 0.25) is 0 Å². The molecule has 0 amide bonds. The van der Waals surface area contributed by atoms with Gasteiger partial charge in [-0.1, -0.05) is 27.7 Å². The summed E-state index contributed by atoms with van der Waals surface area (Å²) in [4.78, 5) is 12.6. The van der Waals surface area contributed by atoms with Gasteiger partial charge in [-0.3, -0.25) is 4.79 Å². The summed E-state index contributed by atoms with van der Waals surface area (Å²) in [5.74, 6) is 2.60. The highest BCUT2D eigenvalue weighted by Crippen LogP contribution is 2.71. The largest absolute Gasteiger partial charge is 0.393 e. The first-order valence-electron chi connectivity index (χ1n) is 13.3. The Hall–Kier alpha value is -0.490. The van der Waals surface area contributed by atoms with E-state index in [4.69, 9.17) is 9.47 Å². The molecule has 0 bridgehead atoms. The highest BCUT2D eigenvalue weighted by molar-refractivity contribution is 5.84. The fourth-order valence-electron chi connectivity index (χ4n) is 10.2. The molecule has 4 saturated carbocycles. The summed E-state index contributed by atoms with van der Waals surface area (Å²) in [6.45, 7) is 10.2. The van der Waals surface area contributed by atoms with Crippen LogP contribution < -0.4 is 0 Å². The maximum absolute atomic E-state index is 12.6. The van der Waals surface area contributed by atoms with Crippen molar-refractivity contribution >= 4 is 5.78 Å². The van der Waals surface area contributed by atoms with Gasteiger partial charge in [0.1, 0.15) is 6.10 Å². The summed E-state index contributed by atoms with van der Waals surface area (Å²) in [5, 5.41) is 21.4. The third-order valence-corrected chi connectivity index (χ3v) is 11.8. The molecule has 13 atom stereocenters. The van der Waals surface area contributed by atoms with E-state index in [1.54, 1.807) is 0 Å². The van der Waals surface area contributed by atoms with Gasteiger partial charge in [-0.25, -0.2) is 0 Å². The Morgan fingerprint density at radius 1 is 0.938 bits per heavy atom. The van der Waals surface area contributed by atoms with Gasteiger partial charge in [0.15, 0.2) is 11.6 Å². The Kier molecular flexibility index (Phi) is 4.83. The van der Waals surface area contributed by atoms with E-state index in [0.29, 0.717) is 48.3 Å². The molecule has 1 spiro atoms. The van der Waals surface area contributed by atoms with E-state index in [1.807, 2.05) is 0 Å². The molecule has 0 radical (unpaired) electrons. The molecule has 5 heteroatoms. The Labute approximate surface area is 192 Å². The number of rotatable bonds is 0. The van der Waals surface area contributed by atoms with E-state index in [-0.39, 0.29) is 34.4 Å². The molecular weight excluding hydrogens is 404 g/mol. The monoisotopic (exact) mass is 446 g/mol. The summed E-state index contributed by atoms with van der Waals surface area (Å²) >= 11 is 0. The summed E-state index contributed by atoms with van der Waals surface area (Å²) in [7, 11) is 0. The van der Waals surface area contributed by atoms with Crippen molar-refractivity contribution in [1.29, 1.82) is 0 Å². The molecule has 6 rings (SSSR count). The molecule has 2 N–H and O–H groups in total. The van der Waals surface area contributed by atoms with Gasteiger partial charge < -0.3 is 19.7 Å². The van der Waals surface area contributed by atoms with E-state index >= 15 is 0 Å². The molecule has 2 saturated heterocycles. The predicted octanol–water partition coefficient (Wildman–Crippen LogP) is 3.94. The maximum Gasteiger partial charge on any atom is 0.171 e. The maximum atomic E-state index is 12.6. The van der Waals surface area contributed by atoms with Crippen LogP contribution in [0.25, 0.3) is 0 Å². The van der Waals surface area contributed by atoms with Gasteiger partial charge in [0.25, 0.3) is 0 Å². The minimum Gasteiger partial charge on any atom is -0.393 e. The molecule has 0 aromatic rings. The second kappa shape index (κ2) is 7.02. The number of ether oxygens (including phenoxy) is 2. The molecule has 0 unspecified atom stereocenters. The lowest BCUT2D eigenvalue weighted by atomic mass is 9.43. The van der Waals surface area contributed by atoms with Gasteiger partial charge in [0, 0.05) is 18.8 Å². The molecule has 180 valence electrons. The molecule has 4 aliphatic carbocycles. The fraction of sp³-hybridized carbons (Fsp3) is 0.963. The van der Waals surface area contributed by atoms with Crippen molar-refractivity contribution in [3.63, 3.8) is 0 Å². The number of hydrogen-bond donors (Lipinski definition) is 2. The number of aliphatic hydroxyl groups is 2. The summed E-state index contributed by atoms with van der Waals surface area (Å²) in [5.41, 5.74) is 0.0241. The topological polar surface area (TPSA) is 76.0 Å². The van der Waals surface area contributed by atoms with E-state index < -0.39 is 12.2 Å². The van der Waals surface area contributed by atoms with E-state index in [1.165, 1.54) is 12.8 Å². The minimum absolute atomic E-state index is 0.0178. The Morgan fingerprint density at radius 2 is 1.72 bits per heavy atom. The fourth-order valence-corrected chi connectivity index (χ4v) is 10.2. The van der Waals surface area contributed by atoms with Gasteiger partial charge in [-0.2, -0.15) is 0 Å². The first kappa shape index (κ1) is 22.0. The molecule has 32 heavy (non-hydrogen) atoms. The average Bonchev–Trinajstić information content (AvgIpc) is 3.18. The number of aliphatic hydroxyl groups excluding tert-OH is 2. The van der Waals surface area contributed by atoms with Crippen LogP contribution in [-0.2, 0) is 14.3 Å². The van der Waals surface area contributed by atoms with E-state index in [2.05, 4.69) is 27.7 Å². The lowest BCUT2D eigenvalue weighted by Crippen LogP contribution is -2.60. The van der Waals surface area contributed by atoms with Crippen LogP contribution in [0.4, 0.5) is 0 Å². The quantitative estimate of drug-likeness (QED) is 0.589. The van der Waals surface area contributed by atoms with Crippen molar-refractivity contribution in [1.82, 2.24) is 0 Å². The first-order valence-corrected chi connectivity index (χ1v) is 13.3. The van der Waals surface area contributed by atoms with Crippen LogP contribution in [0, 0.1) is 52.3 Å². The normalized spacial score (nSPS) is 61.8. The van der Waals surface area contributed by atoms with Crippen LogP contribution in [0.5, 0.6) is 0 Å². The molecule has 0 aromatic heterocycles. The van der Waals surface area contributed by atoms with Crippen LogP contribution in [0.3, 0.4) is 0 Å². The highest BCUT2D eigenvalue weighted by Gasteiger charge is 2.70. The van der Waals surface area contributed by atoms with E-state index in [9.17, 15) is 15.0 Å². The summed E-state index contributed by atoms with van der Waals surface area (Å²) in [6.07, 6.45) is 6.19. The van der Waals surface area contributed by atoms with Gasteiger partial charge >= 0.3 is 0 Å². The van der Waals surface area contributed by atoms with Gasteiger partial charge in [0.05, 0.1) is 18.8 Å². The number of carbonyl (C=O) groups excluding carboxylic acids is 1. The van der Waals surface area contributed by atoms with Crippen LogP contribution in [0.2, 0.25) is 0 Å². The lowest BCUT2D eigenvalue weighted by Gasteiger charge is -2.62. The smallest absolute Gasteiger partial charge is 0.171 e. The molecule has 0 aromatic carbocycles. The minimum atomic E-state index is -0.886. The number of carbonyl (C=O) groups is 1. The molecule has 2 aliphatic heterocycles. The number of hydrogen-bond acceptors (Lipinski definition) is 5. The third kappa shape index (κ3) is 2.74. The highest BCUT2D eigenvalue weighted by atomic mass is 16.7. The lowest BCUT2D eigenvalue weighted by molar-refractivity contribution is -0.273. The van der Waals surface area contributed by atoms with Gasteiger partial charge in [-0.05, 0) is 84.9 Å². The Morgan fingerprint density at radius 3 is 2.44 bits per heavy atom. The predicted molar refractivity (Wildman–Crippen MR) is 120 cm³/mol. The average molecular weight is 447 g/mol. The zero-order chi connectivity index (χ0) is 22.6. The Balaban J connectivity index is 1.29. The SMILES string of the molecule is C[C@H]1CC[C@@]2(OC1)O[C@H]1C[C@H]3[C@@H]4C[C@@H](O)[C@H]5C[C@@H](O)C(=O)C[C@]5(C)[C@H]4CC[C@]3(C)[C@H]1[C@@H]2C. The standard InChI is InChI=1S/C27H42O5/c1-14-5-8-27(31-13-14)15(2)24-23(32-27)11-18-16-9-20(28)19-10-21(29)22(30)12-26(19,4)17(16)6-7-25(18,24)3/h14-21,23-24,28-29H,5-13H2,1-4H3/t14-,15-,16+,17-,18-,19+,20+,21+,23-,24-,25-,26+,27+/m0/s1. The third-order valence-electron chi connectivity index (χ3n) is 11.8. The van der Waals surface area contributed by atoms with Crippen molar-refractivity contribution in [2.24, 2.45) is 52.3 Å².